The Morgan fingerprint density at radius 3 is 2.38 bits per heavy atom. The van der Waals surface area contributed by atoms with Crippen LogP contribution in [0.5, 0.6) is 5.75 Å². The number of nitrogens with one attached hydrogen (secondary N) is 1. The lowest BCUT2D eigenvalue weighted by molar-refractivity contribution is 0.415. The molecule has 0 bridgehead atoms. The summed E-state index contributed by atoms with van der Waals surface area (Å²) in [5, 5.41) is 7.86. The number of amidine groups is 1. The molecule has 4 heteroatoms. The molecule has 4 nitrogen and oxygen atoms in total. The highest BCUT2D eigenvalue weighted by Gasteiger charge is 2.18. The molecule has 0 aliphatic heterocycles. The van der Waals surface area contributed by atoms with Gasteiger partial charge in [-0.05, 0) is 17.7 Å². The van der Waals surface area contributed by atoms with Gasteiger partial charge in [-0.15, -0.1) is 0 Å². The van der Waals surface area contributed by atoms with Crippen LogP contribution in [-0.2, 0) is 0 Å². The Balaban J connectivity index is 2.23. The van der Waals surface area contributed by atoms with Crippen LogP contribution in [0.1, 0.15) is 11.5 Å². The second kappa shape index (κ2) is 6.79. The van der Waals surface area contributed by atoms with E-state index in [9.17, 15) is 0 Å². The molecule has 0 heterocycles. The molecule has 2 aromatic carbocycles. The van der Waals surface area contributed by atoms with Crippen molar-refractivity contribution in [3.05, 3.63) is 60.2 Å². The Kier molecular flexibility index (Phi) is 4.82. The van der Waals surface area contributed by atoms with Gasteiger partial charge in [-0.2, -0.15) is 0 Å². The smallest absolute Gasteiger partial charge is 0.142 e. The molecular weight excluding hydrogens is 262 g/mol. The number of rotatable bonds is 6. The van der Waals surface area contributed by atoms with Crippen LogP contribution >= 0.6 is 0 Å². The van der Waals surface area contributed by atoms with E-state index in [-0.39, 0.29) is 11.8 Å². The van der Waals surface area contributed by atoms with Crippen molar-refractivity contribution in [1.82, 2.24) is 0 Å². The third-order valence-electron chi connectivity index (χ3n) is 3.53. The first-order valence-corrected chi connectivity index (χ1v) is 6.86. The van der Waals surface area contributed by atoms with E-state index in [0.717, 1.165) is 17.0 Å². The van der Waals surface area contributed by atoms with Crippen molar-refractivity contribution in [2.75, 3.05) is 25.6 Å². The summed E-state index contributed by atoms with van der Waals surface area (Å²) in [5.41, 5.74) is 7.83. The number of nitrogens with zero attached hydrogens (tertiary/aromatic N) is 1. The van der Waals surface area contributed by atoms with Crippen molar-refractivity contribution in [2.24, 2.45) is 5.73 Å². The molecule has 110 valence electrons. The summed E-state index contributed by atoms with van der Waals surface area (Å²) in [5.74, 6) is 0.847. The number of hydrogen-bond donors (Lipinski definition) is 2. The number of likely N-dealkylation sites (N-methyl/N-ethyl adjacent to an activating group) is 1. The zero-order valence-electron chi connectivity index (χ0n) is 12.4. The van der Waals surface area contributed by atoms with E-state index in [1.54, 1.807) is 7.11 Å². The highest BCUT2D eigenvalue weighted by molar-refractivity contribution is 5.85. The molecular formula is C17H21N3O. The molecule has 0 aliphatic rings. The van der Waals surface area contributed by atoms with E-state index in [0.29, 0.717) is 6.54 Å². The molecule has 0 spiro atoms. The minimum atomic E-state index is -0.138. The molecule has 0 saturated carbocycles. The summed E-state index contributed by atoms with van der Waals surface area (Å²) in [6.45, 7) is 0.625. The van der Waals surface area contributed by atoms with Gasteiger partial charge in [0.25, 0.3) is 0 Å². The third kappa shape index (κ3) is 3.54. The lowest BCUT2D eigenvalue weighted by atomic mass is 9.97. The monoisotopic (exact) mass is 283 g/mol. The van der Waals surface area contributed by atoms with E-state index in [1.165, 1.54) is 0 Å². The average Bonchev–Trinajstić information content (AvgIpc) is 2.52. The quantitative estimate of drug-likeness (QED) is 0.633. The van der Waals surface area contributed by atoms with Crippen molar-refractivity contribution in [1.29, 1.82) is 5.41 Å². The van der Waals surface area contributed by atoms with Crippen molar-refractivity contribution >= 4 is 11.5 Å². The maximum Gasteiger partial charge on any atom is 0.142 e. The van der Waals surface area contributed by atoms with Crippen molar-refractivity contribution in [3.8, 4) is 5.75 Å². The van der Waals surface area contributed by atoms with Crippen LogP contribution in [0.15, 0.2) is 54.6 Å². The first kappa shape index (κ1) is 14.9. The summed E-state index contributed by atoms with van der Waals surface area (Å²) in [7, 11) is 3.64. The van der Waals surface area contributed by atoms with Crippen LogP contribution in [0.4, 0.5) is 5.69 Å². The molecule has 0 aromatic heterocycles. The molecule has 0 aliphatic carbocycles. The molecule has 0 amide bonds. The van der Waals surface area contributed by atoms with Gasteiger partial charge in [0.2, 0.25) is 0 Å². The topological polar surface area (TPSA) is 62.3 Å². The Hall–Kier alpha value is -2.49. The SMILES string of the molecule is COc1ccccc1N(C)CC(C(=N)N)c1ccccc1. The Morgan fingerprint density at radius 2 is 1.76 bits per heavy atom. The maximum atomic E-state index is 7.86. The van der Waals surface area contributed by atoms with Crippen LogP contribution in [0.25, 0.3) is 0 Å². The van der Waals surface area contributed by atoms with E-state index in [4.69, 9.17) is 15.9 Å². The van der Waals surface area contributed by atoms with Gasteiger partial charge < -0.3 is 15.4 Å². The molecule has 1 unspecified atom stereocenters. The average molecular weight is 283 g/mol. The number of para-hydroxylation sites is 2. The Labute approximate surface area is 125 Å². The minimum Gasteiger partial charge on any atom is -0.495 e. The number of benzene rings is 2. The molecule has 0 radical (unpaired) electrons. The Morgan fingerprint density at radius 1 is 1.14 bits per heavy atom. The first-order valence-electron chi connectivity index (χ1n) is 6.86. The van der Waals surface area contributed by atoms with Crippen LogP contribution in [0.3, 0.4) is 0 Å². The highest BCUT2D eigenvalue weighted by Crippen LogP contribution is 2.28. The van der Waals surface area contributed by atoms with Crippen molar-refractivity contribution in [2.45, 2.75) is 5.92 Å². The van der Waals surface area contributed by atoms with Gasteiger partial charge in [0.05, 0.1) is 24.6 Å². The van der Waals surface area contributed by atoms with Crippen LogP contribution < -0.4 is 15.4 Å². The fourth-order valence-electron chi connectivity index (χ4n) is 2.39. The predicted molar refractivity (Wildman–Crippen MR) is 87.4 cm³/mol. The second-order valence-corrected chi connectivity index (χ2v) is 4.97. The summed E-state index contributed by atoms with van der Waals surface area (Å²) in [4.78, 5) is 2.07. The highest BCUT2D eigenvalue weighted by atomic mass is 16.5. The van der Waals surface area contributed by atoms with Gasteiger partial charge in [0, 0.05) is 13.6 Å². The number of anilines is 1. The van der Waals surface area contributed by atoms with Gasteiger partial charge >= 0.3 is 0 Å². The minimum absolute atomic E-state index is 0.138. The largest absolute Gasteiger partial charge is 0.495 e. The normalized spacial score (nSPS) is 11.7. The van der Waals surface area contributed by atoms with Gasteiger partial charge in [0.15, 0.2) is 0 Å². The molecule has 0 fully saturated rings. The summed E-state index contributed by atoms with van der Waals surface area (Å²) < 4.78 is 5.39. The van der Waals surface area contributed by atoms with E-state index < -0.39 is 0 Å². The molecule has 21 heavy (non-hydrogen) atoms. The van der Waals surface area contributed by atoms with Crippen LogP contribution in [0, 0.1) is 5.41 Å². The summed E-state index contributed by atoms with van der Waals surface area (Å²) in [6.07, 6.45) is 0. The van der Waals surface area contributed by atoms with Crippen LogP contribution in [-0.4, -0.2) is 26.5 Å². The molecule has 2 aromatic rings. The van der Waals surface area contributed by atoms with Gasteiger partial charge in [0.1, 0.15) is 5.75 Å². The zero-order valence-corrected chi connectivity index (χ0v) is 12.4. The van der Waals surface area contributed by atoms with Crippen molar-refractivity contribution < 1.29 is 4.74 Å². The molecule has 1 atom stereocenters. The van der Waals surface area contributed by atoms with E-state index in [1.807, 2.05) is 61.6 Å². The lowest BCUT2D eigenvalue weighted by Gasteiger charge is -2.26. The molecule has 0 saturated heterocycles. The molecule has 2 rings (SSSR count). The lowest BCUT2D eigenvalue weighted by Crippen LogP contribution is -2.32. The number of nitrogens with two attached hydrogens (primary N) is 1. The number of methoxy groups -OCH3 is 1. The van der Waals surface area contributed by atoms with Gasteiger partial charge in [-0.3, -0.25) is 5.41 Å². The maximum absolute atomic E-state index is 7.86. The van der Waals surface area contributed by atoms with Gasteiger partial charge in [-0.1, -0.05) is 42.5 Å². The molecule has 3 N–H and O–H groups in total. The first-order chi connectivity index (χ1) is 10.1. The van der Waals surface area contributed by atoms with E-state index in [2.05, 4.69) is 4.90 Å². The van der Waals surface area contributed by atoms with Crippen LogP contribution in [0.2, 0.25) is 0 Å². The summed E-state index contributed by atoms with van der Waals surface area (Å²) in [6, 6.07) is 17.7. The fraction of sp³-hybridized carbons (Fsp3) is 0.235. The van der Waals surface area contributed by atoms with Gasteiger partial charge in [-0.25, -0.2) is 0 Å². The third-order valence-corrected chi connectivity index (χ3v) is 3.53. The standard InChI is InChI=1S/C17H21N3O/c1-20(15-10-6-7-11-16(15)21-2)12-14(17(18)19)13-8-4-3-5-9-13/h3-11,14H,12H2,1-2H3,(H3,18,19). The second-order valence-electron chi connectivity index (χ2n) is 4.97. The fourth-order valence-corrected chi connectivity index (χ4v) is 2.39. The van der Waals surface area contributed by atoms with Crippen molar-refractivity contribution in [3.63, 3.8) is 0 Å². The summed E-state index contributed by atoms with van der Waals surface area (Å²) >= 11 is 0. The zero-order chi connectivity index (χ0) is 15.2. The Bertz CT molecular complexity index is 598. The van der Waals surface area contributed by atoms with E-state index >= 15 is 0 Å². The number of hydrogen-bond acceptors (Lipinski definition) is 3. The number of ether oxygens (including phenoxy) is 1. The predicted octanol–water partition coefficient (Wildman–Crippen LogP) is 2.85.